The summed E-state index contributed by atoms with van der Waals surface area (Å²) in [5.41, 5.74) is 1.61. The number of esters is 1. The van der Waals surface area contributed by atoms with Crippen LogP contribution in [0.4, 0.5) is 0 Å². The van der Waals surface area contributed by atoms with Crippen LogP contribution in [-0.2, 0) is 27.9 Å². The van der Waals surface area contributed by atoms with E-state index < -0.39 is 5.41 Å². The Labute approximate surface area is 149 Å². The smallest absolute Gasteiger partial charge is 0.312 e. The fourth-order valence-electron chi connectivity index (χ4n) is 3.35. The summed E-state index contributed by atoms with van der Waals surface area (Å²) in [4.78, 5) is 14.8. The van der Waals surface area contributed by atoms with Crippen LogP contribution in [0.3, 0.4) is 0 Å². The topological polar surface area (TPSA) is 56.6 Å². The third kappa shape index (κ3) is 4.10. The van der Waals surface area contributed by atoms with Gasteiger partial charge in [-0.2, -0.15) is 5.10 Å². The number of hydrogen-bond acceptors (Lipinski definition) is 5. The van der Waals surface area contributed by atoms with Gasteiger partial charge in [-0.1, -0.05) is 11.6 Å². The summed E-state index contributed by atoms with van der Waals surface area (Å²) in [6.45, 7) is 7.27. The number of piperidine rings is 1. The lowest BCUT2D eigenvalue weighted by atomic mass is 9.75. The molecule has 1 aliphatic heterocycles. The molecule has 0 unspecified atom stereocenters. The quantitative estimate of drug-likeness (QED) is 0.702. The van der Waals surface area contributed by atoms with Gasteiger partial charge < -0.3 is 9.47 Å². The van der Waals surface area contributed by atoms with Gasteiger partial charge in [-0.25, -0.2) is 0 Å². The van der Waals surface area contributed by atoms with E-state index in [1.54, 1.807) is 11.8 Å². The molecule has 6 nitrogen and oxygen atoms in total. The Bertz CT molecular complexity index is 566. The van der Waals surface area contributed by atoms with Gasteiger partial charge in [-0.3, -0.25) is 14.4 Å². The number of carbonyl (C=O) groups is 1. The molecular formula is C17H28ClN3O3. The van der Waals surface area contributed by atoms with E-state index in [2.05, 4.69) is 10.00 Å². The molecule has 24 heavy (non-hydrogen) atoms. The van der Waals surface area contributed by atoms with E-state index in [9.17, 15) is 4.79 Å². The number of halogens is 1. The predicted molar refractivity (Wildman–Crippen MR) is 93.0 cm³/mol. The highest BCUT2D eigenvalue weighted by Crippen LogP contribution is 2.37. The summed E-state index contributed by atoms with van der Waals surface area (Å²) in [7, 11) is 3.52. The van der Waals surface area contributed by atoms with Crippen LogP contribution in [0, 0.1) is 12.3 Å². The summed E-state index contributed by atoms with van der Waals surface area (Å²) in [6.07, 6.45) is 2.28. The van der Waals surface area contributed by atoms with Crippen LogP contribution in [0.1, 0.15) is 37.4 Å². The van der Waals surface area contributed by atoms with Crippen LogP contribution in [0.5, 0.6) is 0 Å². The normalized spacial score (nSPS) is 17.9. The number of aryl methyl sites for hydroxylation is 2. The molecule has 1 saturated heterocycles. The average Bonchev–Trinajstić information content (AvgIpc) is 2.81. The highest BCUT2D eigenvalue weighted by molar-refractivity contribution is 6.30. The van der Waals surface area contributed by atoms with Gasteiger partial charge in [0.15, 0.2) is 0 Å². The minimum Gasteiger partial charge on any atom is -0.466 e. The molecular weight excluding hydrogens is 330 g/mol. The van der Waals surface area contributed by atoms with E-state index in [1.807, 2.05) is 20.9 Å². The second-order valence-electron chi connectivity index (χ2n) is 6.50. The van der Waals surface area contributed by atoms with Crippen LogP contribution >= 0.6 is 11.6 Å². The van der Waals surface area contributed by atoms with Crippen LogP contribution in [0.2, 0.25) is 5.15 Å². The maximum absolute atomic E-state index is 12.5. The van der Waals surface area contributed by atoms with Gasteiger partial charge in [0.05, 0.1) is 17.7 Å². The van der Waals surface area contributed by atoms with E-state index in [4.69, 9.17) is 21.1 Å². The molecule has 1 fully saturated rings. The largest absolute Gasteiger partial charge is 0.466 e. The van der Waals surface area contributed by atoms with E-state index >= 15 is 0 Å². The van der Waals surface area contributed by atoms with Gasteiger partial charge in [0, 0.05) is 32.9 Å². The molecule has 1 aromatic heterocycles. The molecule has 2 rings (SSSR count). The van der Waals surface area contributed by atoms with Gasteiger partial charge in [0.25, 0.3) is 0 Å². The third-order valence-electron chi connectivity index (χ3n) is 4.96. The highest BCUT2D eigenvalue weighted by Gasteiger charge is 2.42. The maximum Gasteiger partial charge on any atom is 0.312 e. The summed E-state index contributed by atoms with van der Waals surface area (Å²) in [6, 6.07) is 0. The van der Waals surface area contributed by atoms with Crippen LogP contribution in [-0.4, -0.2) is 54.1 Å². The van der Waals surface area contributed by atoms with E-state index in [0.29, 0.717) is 24.8 Å². The van der Waals surface area contributed by atoms with E-state index in [0.717, 1.165) is 43.7 Å². The van der Waals surface area contributed by atoms with Crippen molar-refractivity contribution in [3.05, 3.63) is 16.4 Å². The Hall–Kier alpha value is -1.11. The van der Waals surface area contributed by atoms with Crippen molar-refractivity contribution in [3.63, 3.8) is 0 Å². The summed E-state index contributed by atoms with van der Waals surface area (Å²) >= 11 is 6.33. The zero-order chi connectivity index (χ0) is 17.7. The minimum absolute atomic E-state index is 0.0858. The van der Waals surface area contributed by atoms with Crippen molar-refractivity contribution in [3.8, 4) is 0 Å². The van der Waals surface area contributed by atoms with Crippen molar-refractivity contribution in [1.29, 1.82) is 0 Å². The molecule has 0 bridgehead atoms. The van der Waals surface area contributed by atoms with E-state index in [-0.39, 0.29) is 5.97 Å². The van der Waals surface area contributed by atoms with Crippen molar-refractivity contribution in [2.24, 2.45) is 12.5 Å². The molecule has 0 aliphatic carbocycles. The fraction of sp³-hybridized carbons (Fsp3) is 0.765. The first-order valence-electron chi connectivity index (χ1n) is 8.50. The van der Waals surface area contributed by atoms with Crippen LogP contribution in [0.15, 0.2) is 0 Å². The second-order valence-corrected chi connectivity index (χ2v) is 6.86. The molecule has 0 N–H and O–H groups in total. The predicted octanol–water partition coefficient (Wildman–Crippen LogP) is 2.56. The monoisotopic (exact) mass is 357 g/mol. The summed E-state index contributed by atoms with van der Waals surface area (Å²) in [5.74, 6) is -0.0858. The number of hydrogen-bond donors (Lipinski definition) is 0. The molecule has 0 saturated carbocycles. The van der Waals surface area contributed by atoms with Gasteiger partial charge in [-0.05, 0) is 46.2 Å². The first-order valence-corrected chi connectivity index (χ1v) is 8.88. The highest BCUT2D eigenvalue weighted by atomic mass is 35.5. The molecule has 1 aromatic rings. The lowest BCUT2D eigenvalue weighted by molar-refractivity contribution is -0.160. The molecule has 0 amide bonds. The standard InChI is InChI=1S/C17H28ClN3O3/c1-5-24-16(22)17(8-11-23-4)6-9-21(10-7-17)12-14-13(2)19-20(3)15(14)18/h5-12H2,1-4H3. The molecule has 2 heterocycles. The van der Waals surface area contributed by atoms with Crippen molar-refractivity contribution >= 4 is 17.6 Å². The van der Waals surface area contributed by atoms with Crippen LogP contribution in [0.25, 0.3) is 0 Å². The van der Waals surface area contributed by atoms with Gasteiger partial charge in [0.1, 0.15) is 5.15 Å². The number of rotatable bonds is 7. The Morgan fingerprint density at radius 3 is 2.54 bits per heavy atom. The maximum atomic E-state index is 12.5. The molecule has 7 heteroatoms. The fourth-order valence-corrected chi connectivity index (χ4v) is 3.59. The summed E-state index contributed by atoms with van der Waals surface area (Å²) in [5, 5.41) is 5.05. The Kier molecular flexibility index (Phi) is 6.66. The number of carbonyl (C=O) groups excluding carboxylic acids is 1. The average molecular weight is 358 g/mol. The van der Waals surface area contributed by atoms with Crippen molar-refractivity contribution < 1.29 is 14.3 Å². The molecule has 0 radical (unpaired) electrons. The Morgan fingerprint density at radius 2 is 2.04 bits per heavy atom. The first-order chi connectivity index (χ1) is 11.4. The molecule has 0 aromatic carbocycles. The number of likely N-dealkylation sites (tertiary alicyclic amines) is 1. The first kappa shape index (κ1) is 19.2. The van der Waals surface area contributed by atoms with Crippen LogP contribution < -0.4 is 0 Å². The lowest BCUT2D eigenvalue weighted by Gasteiger charge is -2.39. The van der Waals surface area contributed by atoms with Gasteiger partial charge >= 0.3 is 5.97 Å². The van der Waals surface area contributed by atoms with Gasteiger partial charge in [0.2, 0.25) is 0 Å². The van der Waals surface area contributed by atoms with Crippen molar-refractivity contribution in [1.82, 2.24) is 14.7 Å². The second kappa shape index (κ2) is 8.32. The summed E-state index contributed by atoms with van der Waals surface area (Å²) < 4.78 is 12.2. The molecule has 1 aliphatic rings. The molecule has 0 atom stereocenters. The van der Waals surface area contributed by atoms with E-state index in [1.165, 1.54) is 0 Å². The van der Waals surface area contributed by atoms with Crippen molar-refractivity contribution in [2.45, 2.75) is 39.7 Å². The number of nitrogens with zero attached hydrogens (tertiary/aromatic N) is 3. The zero-order valence-corrected chi connectivity index (χ0v) is 15.9. The third-order valence-corrected chi connectivity index (χ3v) is 5.43. The molecule has 0 spiro atoms. The SMILES string of the molecule is CCOC(=O)C1(CCOC)CCN(Cc2c(C)nn(C)c2Cl)CC1. The Balaban J connectivity index is 2.02. The Morgan fingerprint density at radius 1 is 1.38 bits per heavy atom. The minimum atomic E-state index is -0.420. The van der Waals surface area contributed by atoms with Gasteiger partial charge in [-0.15, -0.1) is 0 Å². The number of methoxy groups -OCH3 is 1. The number of aromatic nitrogens is 2. The zero-order valence-electron chi connectivity index (χ0n) is 15.1. The number of ether oxygens (including phenoxy) is 2. The van der Waals surface area contributed by atoms with Crippen molar-refractivity contribution in [2.75, 3.05) is 33.4 Å². The lowest BCUT2D eigenvalue weighted by Crippen LogP contribution is -2.45. The molecule has 136 valence electrons.